The quantitative estimate of drug-likeness (QED) is 0.906. The molecule has 3 rings (SSSR count). The van der Waals surface area contributed by atoms with Gasteiger partial charge in [0, 0.05) is 11.1 Å². The molecule has 1 aliphatic rings. The number of aromatic nitrogens is 1. The lowest BCUT2D eigenvalue weighted by Crippen LogP contribution is -2.26. The van der Waals surface area contributed by atoms with Crippen LogP contribution in [0.5, 0.6) is 0 Å². The molecule has 0 spiro atoms. The number of amides is 1. The maximum absolute atomic E-state index is 12.3. The lowest BCUT2D eigenvalue weighted by atomic mass is 9.97. The number of hydrogen-bond donors (Lipinski definition) is 2. The van der Waals surface area contributed by atoms with E-state index in [4.69, 9.17) is 0 Å². The van der Waals surface area contributed by atoms with Gasteiger partial charge in [-0.1, -0.05) is 6.92 Å². The number of hydrogen-bond acceptors (Lipinski definition) is 5. The van der Waals surface area contributed by atoms with Gasteiger partial charge in [0.2, 0.25) is 0 Å². The van der Waals surface area contributed by atoms with Gasteiger partial charge in [-0.05, 0) is 55.3 Å². The highest BCUT2D eigenvalue weighted by Crippen LogP contribution is 2.32. The third kappa shape index (κ3) is 3.33. The van der Waals surface area contributed by atoms with E-state index in [1.165, 1.54) is 16.2 Å². The number of anilines is 1. The van der Waals surface area contributed by atoms with Crippen molar-refractivity contribution in [2.45, 2.75) is 32.1 Å². The Bertz CT molecular complexity index is 614. The molecule has 3 heterocycles. The van der Waals surface area contributed by atoms with Crippen LogP contribution < -0.4 is 10.6 Å². The lowest BCUT2D eigenvalue weighted by Gasteiger charge is -2.20. The summed E-state index contributed by atoms with van der Waals surface area (Å²) in [5.41, 5.74) is 1.10. The van der Waals surface area contributed by atoms with Crippen LogP contribution in [0.2, 0.25) is 0 Å². The van der Waals surface area contributed by atoms with Gasteiger partial charge in [0.1, 0.15) is 0 Å². The number of nitrogens with zero attached hydrogens (tertiary/aromatic N) is 1. The standard InChI is InChI=1S/C15H19N3OS2/c1-2-10-5-8-20-13(10)14(19)18-15-17-9-12(21-15)11-3-6-16-7-4-11/h5,8-9,11,16H,2-4,6-7H2,1H3,(H,17,18,19). The molecule has 0 aliphatic carbocycles. The van der Waals surface area contributed by atoms with Crippen LogP contribution in [-0.2, 0) is 6.42 Å². The zero-order valence-electron chi connectivity index (χ0n) is 12.0. The molecule has 1 amide bonds. The van der Waals surface area contributed by atoms with Crippen molar-refractivity contribution in [1.29, 1.82) is 0 Å². The Morgan fingerprint density at radius 1 is 1.48 bits per heavy atom. The van der Waals surface area contributed by atoms with Gasteiger partial charge in [0.05, 0.1) is 4.88 Å². The smallest absolute Gasteiger partial charge is 0.267 e. The Balaban J connectivity index is 1.68. The van der Waals surface area contributed by atoms with E-state index in [2.05, 4.69) is 22.5 Å². The Kier molecular flexibility index (Phi) is 4.67. The van der Waals surface area contributed by atoms with Crippen molar-refractivity contribution in [2.75, 3.05) is 18.4 Å². The highest BCUT2D eigenvalue weighted by molar-refractivity contribution is 7.16. The molecule has 6 heteroatoms. The van der Waals surface area contributed by atoms with Crippen molar-refractivity contribution in [3.05, 3.63) is 33.0 Å². The van der Waals surface area contributed by atoms with Crippen molar-refractivity contribution in [1.82, 2.24) is 10.3 Å². The fourth-order valence-electron chi connectivity index (χ4n) is 2.61. The highest BCUT2D eigenvalue weighted by atomic mass is 32.1. The van der Waals surface area contributed by atoms with Gasteiger partial charge in [-0.15, -0.1) is 22.7 Å². The summed E-state index contributed by atoms with van der Waals surface area (Å²) in [5.74, 6) is 0.551. The molecule has 2 aromatic rings. The van der Waals surface area contributed by atoms with E-state index in [0.29, 0.717) is 11.0 Å². The first-order chi connectivity index (χ1) is 10.3. The molecular weight excluding hydrogens is 302 g/mol. The third-order valence-corrected chi connectivity index (χ3v) is 5.85. The molecule has 21 heavy (non-hydrogen) atoms. The van der Waals surface area contributed by atoms with Crippen LogP contribution in [0.25, 0.3) is 0 Å². The lowest BCUT2D eigenvalue weighted by molar-refractivity contribution is 0.103. The molecule has 4 nitrogen and oxygen atoms in total. The van der Waals surface area contributed by atoms with Crippen molar-refractivity contribution in [2.24, 2.45) is 0 Å². The second kappa shape index (κ2) is 6.68. The number of thiophene rings is 1. The molecule has 112 valence electrons. The maximum Gasteiger partial charge on any atom is 0.267 e. The van der Waals surface area contributed by atoms with E-state index in [9.17, 15) is 4.79 Å². The van der Waals surface area contributed by atoms with Crippen molar-refractivity contribution < 1.29 is 4.79 Å². The van der Waals surface area contributed by atoms with Gasteiger partial charge >= 0.3 is 0 Å². The number of piperidine rings is 1. The molecule has 0 aromatic carbocycles. The van der Waals surface area contributed by atoms with Gasteiger partial charge in [-0.2, -0.15) is 0 Å². The molecule has 2 aromatic heterocycles. The third-order valence-electron chi connectivity index (χ3n) is 3.82. The monoisotopic (exact) mass is 321 g/mol. The largest absolute Gasteiger partial charge is 0.317 e. The van der Waals surface area contributed by atoms with Crippen LogP contribution in [-0.4, -0.2) is 24.0 Å². The van der Waals surface area contributed by atoms with Crippen LogP contribution in [0.4, 0.5) is 5.13 Å². The van der Waals surface area contributed by atoms with E-state index in [-0.39, 0.29) is 5.91 Å². The average molecular weight is 321 g/mol. The second-order valence-corrected chi connectivity index (χ2v) is 7.15. The molecule has 0 unspecified atom stereocenters. The molecule has 1 fully saturated rings. The van der Waals surface area contributed by atoms with Gasteiger partial charge in [-0.3, -0.25) is 10.1 Å². The van der Waals surface area contributed by atoms with E-state index in [1.54, 1.807) is 11.3 Å². The van der Waals surface area contributed by atoms with E-state index >= 15 is 0 Å². The highest BCUT2D eigenvalue weighted by Gasteiger charge is 2.19. The zero-order valence-corrected chi connectivity index (χ0v) is 13.6. The van der Waals surface area contributed by atoms with Crippen LogP contribution in [0, 0.1) is 0 Å². The summed E-state index contributed by atoms with van der Waals surface area (Å²) < 4.78 is 0. The van der Waals surface area contributed by atoms with Crippen LogP contribution in [0.3, 0.4) is 0 Å². The molecule has 0 bridgehead atoms. The summed E-state index contributed by atoms with van der Waals surface area (Å²) in [6, 6.07) is 2.02. The summed E-state index contributed by atoms with van der Waals surface area (Å²) in [7, 11) is 0. The summed E-state index contributed by atoms with van der Waals surface area (Å²) in [4.78, 5) is 18.8. The topological polar surface area (TPSA) is 54.0 Å². The fourth-order valence-corrected chi connectivity index (χ4v) is 4.48. The summed E-state index contributed by atoms with van der Waals surface area (Å²) in [6.07, 6.45) is 5.11. The number of carbonyl (C=O) groups excluding carboxylic acids is 1. The van der Waals surface area contributed by atoms with E-state index in [0.717, 1.165) is 42.8 Å². The Morgan fingerprint density at radius 2 is 2.29 bits per heavy atom. The van der Waals surface area contributed by atoms with Crippen LogP contribution >= 0.6 is 22.7 Å². The predicted octanol–water partition coefficient (Wildman–Crippen LogP) is 3.49. The van der Waals surface area contributed by atoms with Crippen LogP contribution in [0.1, 0.15) is 45.8 Å². The average Bonchev–Trinajstić information content (AvgIpc) is 3.16. The van der Waals surface area contributed by atoms with Crippen LogP contribution in [0.15, 0.2) is 17.6 Å². The molecule has 0 saturated carbocycles. The number of aryl methyl sites for hydroxylation is 1. The number of rotatable bonds is 4. The zero-order chi connectivity index (χ0) is 14.7. The second-order valence-electron chi connectivity index (χ2n) is 5.17. The van der Waals surface area contributed by atoms with Crippen molar-refractivity contribution in [3.8, 4) is 0 Å². The van der Waals surface area contributed by atoms with Gasteiger partial charge in [0.15, 0.2) is 5.13 Å². The molecule has 0 radical (unpaired) electrons. The first kappa shape index (κ1) is 14.7. The fraction of sp³-hybridized carbons (Fsp3) is 0.467. The molecule has 2 N–H and O–H groups in total. The normalized spacial score (nSPS) is 16.0. The number of thiazole rings is 1. The molecule has 0 atom stereocenters. The van der Waals surface area contributed by atoms with Gasteiger partial charge < -0.3 is 5.32 Å². The SMILES string of the molecule is CCc1ccsc1C(=O)Nc1ncc(C2CCNCC2)s1. The van der Waals surface area contributed by atoms with Crippen molar-refractivity contribution in [3.63, 3.8) is 0 Å². The molecule has 1 saturated heterocycles. The van der Waals surface area contributed by atoms with Gasteiger partial charge in [-0.25, -0.2) is 4.98 Å². The molecular formula is C15H19N3OS2. The first-order valence-electron chi connectivity index (χ1n) is 7.32. The number of carbonyl (C=O) groups is 1. The van der Waals surface area contributed by atoms with E-state index in [1.807, 2.05) is 17.6 Å². The maximum atomic E-state index is 12.3. The first-order valence-corrected chi connectivity index (χ1v) is 9.01. The predicted molar refractivity (Wildman–Crippen MR) is 88.6 cm³/mol. The summed E-state index contributed by atoms with van der Waals surface area (Å²) in [6.45, 7) is 4.20. The summed E-state index contributed by atoms with van der Waals surface area (Å²) >= 11 is 3.11. The summed E-state index contributed by atoms with van der Waals surface area (Å²) in [5, 5.41) is 8.99. The molecule has 1 aliphatic heterocycles. The Labute approximate surface area is 132 Å². The minimum Gasteiger partial charge on any atom is -0.317 e. The number of nitrogens with one attached hydrogen (secondary N) is 2. The Morgan fingerprint density at radius 3 is 3.05 bits per heavy atom. The van der Waals surface area contributed by atoms with Gasteiger partial charge in [0.25, 0.3) is 5.91 Å². The van der Waals surface area contributed by atoms with E-state index < -0.39 is 0 Å². The minimum absolute atomic E-state index is 0.0342. The Hall–Kier alpha value is -1.24. The minimum atomic E-state index is -0.0342. The van der Waals surface area contributed by atoms with Crippen molar-refractivity contribution >= 4 is 33.7 Å².